The van der Waals surface area contributed by atoms with Gasteiger partial charge in [-0.25, -0.2) is 0 Å². The van der Waals surface area contributed by atoms with Crippen molar-refractivity contribution in [3.8, 4) is 22.3 Å². The molecule has 1 aliphatic rings. The largest absolute Gasteiger partial charge is 0.425 e. The average molecular weight is 418 g/mol. The van der Waals surface area contributed by atoms with Crippen molar-refractivity contribution in [3.63, 3.8) is 0 Å². The zero-order valence-corrected chi connectivity index (χ0v) is 16.2. The van der Waals surface area contributed by atoms with Gasteiger partial charge in [0.1, 0.15) is 5.54 Å². The maximum Gasteiger partial charge on any atom is 0.425 e. The highest BCUT2D eigenvalue weighted by molar-refractivity contribution is 5.92. The Balaban J connectivity index is 1.95. The number of fused-ring (bicyclic) bond motifs is 3. The molecule has 0 fully saturated rings. The summed E-state index contributed by atoms with van der Waals surface area (Å²) in [5, 5.41) is 34.6. The Morgan fingerprint density at radius 2 is 1.60 bits per heavy atom. The van der Waals surface area contributed by atoms with Gasteiger partial charge in [0.15, 0.2) is 0 Å². The molecule has 30 heavy (non-hydrogen) atoms. The third-order valence-corrected chi connectivity index (χ3v) is 6.08. The summed E-state index contributed by atoms with van der Waals surface area (Å²) >= 11 is 0. The zero-order valence-electron chi connectivity index (χ0n) is 16.2. The Hall–Kier alpha value is -2.68. The summed E-state index contributed by atoms with van der Waals surface area (Å²) in [5.41, 5.74) is -2.95. The van der Waals surface area contributed by atoms with Gasteiger partial charge in [0, 0.05) is 22.9 Å². The molecule has 5 nitrogen and oxygen atoms in total. The standard InChI is InChI=1S/C22H21F3N2O3/c1-2-20(12-28,13-29)27-11-14(10-26-27)15-7-5-9-18-19(15)16-6-3-4-8-17(16)21(18,30)22(23,24)25/h3-11,28-30H,2,12-13H2,1H3/t21-/m1/s1. The van der Waals surface area contributed by atoms with Crippen LogP contribution in [0.1, 0.15) is 24.5 Å². The molecule has 3 aromatic rings. The number of hydrogen-bond donors (Lipinski definition) is 3. The van der Waals surface area contributed by atoms with Crippen molar-refractivity contribution in [2.75, 3.05) is 13.2 Å². The fourth-order valence-electron chi connectivity index (χ4n) is 4.15. The predicted octanol–water partition coefficient (Wildman–Crippen LogP) is 3.42. The lowest BCUT2D eigenvalue weighted by Gasteiger charge is -2.29. The van der Waals surface area contributed by atoms with Crippen LogP contribution in [-0.2, 0) is 11.1 Å². The fourth-order valence-corrected chi connectivity index (χ4v) is 4.15. The van der Waals surface area contributed by atoms with Crippen LogP contribution in [0.5, 0.6) is 0 Å². The molecule has 8 heteroatoms. The lowest BCUT2D eigenvalue weighted by Crippen LogP contribution is -2.41. The first-order valence-corrected chi connectivity index (χ1v) is 9.53. The summed E-state index contributed by atoms with van der Waals surface area (Å²) in [7, 11) is 0. The van der Waals surface area contributed by atoms with E-state index in [0.717, 1.165) is 0 Å². The molecule has 1 heterocycles. The topological polar surface area (TPSA) is 78.5 Å². The molecule has 2 aromatic carbocycles. The zero-order chi connectivity index (χ0) is 21.7. The van der Waals surface area contributed by atoms with E-state index in [4.69, 9.17) is 0 Å². The summed E-state index contributed by atoms with van der Waals surface area (Å²) < 4.78 is 43.5. The first-order chi connectivity index (χ1) is 14.2. The summed E-state index contributed by atoms with van der Waals surface area (Å²) in [6.07, 6.45) is -1.41. The van der Waals surface area contributed by atoms with Gasteiger partial charge < -0.3 is 15.3 Å². The van der Waals surface area contributed by atoms with Gasteiger partial charge in [-0.1, -0.05) is 49.4 Å². The van der Waals surface area contributed by atoms with Gasteiger partial charge in [0.25, 0.3) is 0 Å². The Bertz CT molecular complexity index is 1080. The number of nitrogens with zero attached hydrogens (tertiary/aromatic N) is 2. The summed E-state index contributed by atoms with van der Waals surface area (Å²) in [6, 6.07) is 10.4. The number of aliphatic hydroxyl groups excluding tert-OH is 2. The van der Waals surface area contributed by atoms with Crippen molar-refractivity contribution in [2.24, 2.45) is 0 Å². The highest BCUT2D eigenvalue weighted by Gasteiger charge is 2.61. The van der Waals surface area contributed by atoms with Crippen LogP contribution in [0.2, 0.25) is 0 Å². The van der Waals surface area contributed by atoms with Crippen molar-refractivity contribution in [1.82, 2.24) is 9.78 Å². The molecule has 0 saturated carbocycles. The number of benzene rings is 2. The van der Waals surface area contributed by atoms with E-state index in [-0.39, 0.29) is 24.3 Å². The van der Waals surface area contributed by atoms with Crippen LogP contribution in [0.15, 0.2) is 54.9 Å². The first kappa shape index (κ1) is 20.6. The number of hydrogen-bond acceptors (Lipinski definition) is 4. The van der Waals surface area contributed by atoms with Gasteiger partial charge in [0.2, 0.25) is 5.60 Å². The van der Waals surface area contributed by atoms with Gasteiger partial charge >= 0.3 is 6.18 Å². The lowest BCUT2D eigenvalue weighted by atomic mass is 9.89. The molecule has 0 amide bonds. The quantitative estimate of drug-likeness (QED) is 0.593. The van der Waals surface area contributed by atoms with Crippen molar-refractivity contribution < 1.29 is 28.5 Å². The van der Waals surface area contributed by atoms with Gasteiger partial charge in [-0.2, -0.15) is 18.3 Å². The van der Waals surface area contributed by atoms with Crippen LogP contribution in [0.3, 0.4) is 0 Å². The van der Waals surface area contributed by atoms with E-state index in [1.54, 1.807) is 31.3 Å². The van der Waals surface area contributed by atoms with Gasteiger partial charge in [0.05, 0.1) is 19.4 Å². The Morgan fingerprint density at radius 3 is 2.23 bits per heavy atom. The smallest absolute Gasteiger partial charge is 0.394 e. The Labute approximate surface area is 171 Å². The minimum absolute atomic E-state index is 0.207. The molecule has 0 saturated heterocycles. The first-order valence-electron chi connectivity index (χ1n) is 9.53. The lowest BCUT2D eigenvalue weighted by molar-refractivity contribution is -0.246. The average Bonchev–Trinajstić information content (AvgIpc) is 3.33. The van der Waals surface area contributed by atoms with Crippen LogP contribution >= 0.6 is 0 Å². The number of halogens is 3. The van der Waals surface area contributed by atoms with Crippen molar-refractivity contribution in [1.29, 1.82) is 0 Å². The maximum absolute atomic E-state index is 14.0. The second-order valence-corrected chi connectivity index (χ2v) is 7.55. The van der Waals surface area contributed by atoms with E-state index in [1.807, 2.05) is 0 Å². The van der Waals surface area contributed by atoms with Crippen molar-refractivity contribution in [3.05, 3.63) is 66.0 Å². The molecular formula is C22H21F3N2O3. The van der Waals surface area contributed by atoms with Gasteiger partial charge in [-0.05, 0) is 23.1 Å². The molecule has 4 rings (SSSR count). The fraction of sp³-hybridized carbons (Fsp3) is 0.318. The highest BCUT2D eigenvalue weighted by atomic mass is 19.4. The van der Waals surface area contributed by atoms with Crippen LogP contribution in [-0.4, -0.2) is 44.5 Å². The van der Waals surface area contributed by atoms with Gasteiger partial charge in [-0.3, -0.25) is 4.68 Å². The second kappa shape index (κ2) is 6.94. The highest BCUT2D eigenvalue weighted by Crippen LogP contribution is 2.57. The summed E-state index contributed by atoms with van der Waals surface area (Å²) in [6.45, 7) is 1.11. The molecule has 1 aliphatic carbocycles. The number of aliphatic hydroxyl groups is 3. The monoisotopic (exact) mass is 418 g/mol. The van der Waals surface area contributed by atoms with E-state index in [9.17, 15) is 28.5 Å². The molecule has 0 aliphatic heterocycles. The van der Waals surface area contributed by atoms with Crippen LogP contribution in [0, 0.1) is 0 Å². The maximum atomic E-state index is 14.0. The molecule has 0 spiro atoms. The molecule has 1 atom stereocenters. The van der Waals surface area contributed by atoms with Gasteiger partial charge in [-0.15, -0.1) is 0 Å². The third-order valence-electron chi connectivity index (χ3n) is 6.08. The molecule has 0 bridgehead atoms. The van der Waals surface area contributed by atoms with Crippen molar-refractivity contribution in [2.45, 2.75) is 30.7 Å². The SMILES string of the molecule is CCC(CO)(CO)n1cc(-c2cccc3c2-c2ccccc2[C@]3(O)C(F)(F)F)cn1. The minimum atomic E-state index is -4.90. The molecule has 1 aromatic heterocycles. The molecular weight excluding hydrogens is 397 g/mol. The van der Waals surface area contributed by atoms with E-state index in [2.05, 4.69) is 5.10 Å². The van der Waals surface area contributed by atoms with E-state index in [0.29, 0.717) is 28.7 Å². The van der Waals surface area contributed by atoms with Crippen LogP contribution in [0.4, 0.5) is 13.2 Å². The number of alkyl halides is 3. The second-order valence-electron chi connectivity index (χ2n) is 7.55. The Morgan fingerprint density at radius 1 is 0.967 bits per heavy atom. The van der Waals surface area contributed by atoms with E-state index in [1.165, 1.54) is 35.1 Å². The predicted molar refractivity (Wildman–Crippen MR) is 105 cm³/mol. The van der Waals surface area contributed by atoms with E-state index >= 15 is 0 Å². The Kier molecular flexibility index (Phi) is 4.76. The van der Waals surface area contributed by atoms with Crippen LogP contribution in [0.25, 0.3) is 22.3 Å². The normalized spacial score (nSPS) is 18.4. The molecule has 3 N–H and O–H groups in total. The molecule has 0 unspecified atom stereocenters. The summed E-state index contributed by atoms with van der Waals surface area (Å²) in [4.78, 5) is 0. The number of rotatable bonds is 5. The van der Waals surface area contributed by atoms with Crippen molar-refractivity contribution >= 4 is 0 Å². The minimum Gasteiger partial charge on any atom is -0.394 e. The summed E-state index contributed by atoms with van der Waals surface area (Å²) in [5.74, 6) is 0. The molecule has 0 radical (unpaired) electrons. The molecule has 158 valence electrons. The number of aromatic nitrogens is 2. The van der Waals surface area contributed by atoms with E-state index < -0.39 is 17.3 Å². The van der Waals surface area contributed by atoms with Crippen LogP contribution < -0.4 is 0 Å². The third kappa shape index (κ3) is 2.64.